The molecule has 0 bridgehead atoms. The van der Waals surface area contributed by atoms with Crippen LogP contribution in [0.5, 0.6) is 0 Å². The molecule has 0 spiro atoms. The molecule has 1 aromatic rings. The van der Waals surface area contributed by atoms with Gasteiger partial charge in [-0.3, -0.25) is 9.69 Å². The quantitative estimate of drug-likeness (QED) is 0.752. The molecule has 2 rings (SSSR count). The summed E-state index contributed by atoms with van der Waals surface area (Å²) < 4.78 is 5.70. The van der Waals surface area contributed by atoms with Gasteiger partial charge in [-0.25, -0.2) is 0 Å². The van der Waals surface area contributed by atoms with Crippen LogP contribution in [0.3, 0.4) is 0 Å². The van der Waals surface area contributed by atoms with Gasteiger partial charge in [-0.15, -0.1) is 0 Å². The van der Waals surface area contributed by atoms with Gasteiger partial charge in [0.1, 0.15) is 0 Å². The second-order valence-electron chi connectivity index (χ2n) is 6.06. The van der Waals surface area contributed by atoms with Gasteiger partial charge in [0.2, 0.25) is 0 Å². The molecule has 2 atom stereocenters. The van der Waals surface area contributed by atoms with Gasteiger partial charge in [0.05, 0.1) is 12.1 Å². The number of hydrogen-bond donors (Lipinski definition) is 0. The van der Waals surface area contributed by atoms with Crippen LogP contribution in [0.15, 0.2) is 18.2 Å². The molecule has 0 N–H and O–H groups in total. The fourth-order valence-electron chi connectivity index (χ4n) is 2.91. The molecule has 1 saturated heterocycles. The van der Waals surface area contributed by atoms with E-state index in [1.807, 2.05) is 25.1 Å². The normalized spacial score (nSPS) is 20.0. The van der Waals surface area contributed by atoms with Crippen molar-refractivity contribution in [3.8, 4) is 0 Å². The molecule has 0 amide bonds. The summed E-state index contributed by atoms with van der Waals surface area (Å²) >= 11 is 0. The SMILES string of the molecule is CCN(CC1CCCO1)C(C)C(=O)c1ccc(C)c(C)c1. The van der Waals surface area contributed by atoms with E-state index in [1.54, 1.807) is 0 Å². The molecule has 3 heteroatoms. The van der Waals surface area contributed by atoms with Crippen molar-refractivity contribution in [2.45, 2.75) is 52.7 Å². The monoisotopic (exact) mass is 289 g/mol. The molecule has 0 aliphatic carbocycles. The molecule has 0 aromatic heterocycles. The van der Waals surface area contributed by atoms with Crippen LogP contribution in [0.1, 0.15) is 48.2 Å². The highest BCUT2D eigenvalue weighted by atomic mass is 16.5. The average molecular weight is 289 g/mol. The Balaban J connectivity index is 2.06. The van der Waals surface area contributed by atoms with Gasteiger partial charge >= 0.3 is 0 Å². The number of ketones is 1. The predicted molar refractivity (Wildman–Crippen MR) is 85.9 cm³/mol. The second kappa shape index (κ2) is 7.19. The third kappa shape index (κ3) is 3.92. The number of hydrogen-bond acceptors (Lipinski definition) is 3. The van der Waals surface area contributed by atoms with E-state index in [0.717, 1.165) is 38.1 Å². The van der Waals surface area contributed by atoms with E-state index >= 15 is 0 Å². The van der Waals surface area contributed by atoms with E-state index < -0.39 is 0 Å². The highest BCUT2D eigenvalue weighted by Gasteiger charge is 2.26. The second-order valence-corrected chi connectivity index (χ2v) is 6.06. The van der Waals surface area contributed by atoms with Crippen molar-refractivity contribution in [2.75, 3.05) is 19.7 Å². The minimum Gasteiger partial charge on any atom is -0.377 e. The molecule has 21 heavy (non-hydrogen) atoms. The number of ether oxygens (including phenoxy) is 1. The number of carbonyl (C=O) groups is 1. The fourth-order valence-corrected chi connectivity index (χ4v) is 2.91. The highest BCUT2D eigenvalue weighted by molar-refractivity contribution is 6.00. The Bertz CT molecular complexity index is 492. The summed E-state index contributed by atoms with van der Waals surface area (Å²) in [5, 5.41) is 0. The van der Waals surface area contributed by atoms with Crippen LogP contribution in [-0.4, -0.2) is 42.5 Å². The van der Waals surface area contributed by atoms with Crippen LogP contribution in [0.25, 0.3) is 0 Å². The maximum absolute atomic E-state index is 12.7. The van der Waals surface area contributed by atoms with Crippen LogP contribution in [0.4, 0.5) is 0 Å². The third-order valence-electron chi connectivity index (χ3n) is 4.59. The number of Topliss-reactive ketones (excluding diaryl/α,β-unsaturated/α-hetero) is 1. The van der Waals surface area contributed by atoms with Gasteiger partial charge in [0, 0.05) is 18.7 Å². The first-order valence-corrected chi connectivity index (χ1v) is 8.00. The van der Waals surface area contributed by atoms with E-state index in [4.69, 9.17) is 4.74 Å². The lowest BCUT2D eigenvalue weighted by Gasteiger charge is -2.29. The van der Waals surface area contributed by atoms with Crippen LogP contribution in [0, 0.1) is 13.8 Å². The molecule has 1 heterocycles. The van der Waals surface area contributed by atoms with Crippen molar-refractivity contribution in [3.05, 3.63) is 34.9 Å². The van der Waals surface area contributed by atoms with Crippen LogP contribution >= 0.6 is 0 Å². The van der Waals surface area contributed by atoms with E-state index in [-0.39, 0.29) is 11.8 Å². The molecular formula is C18H27NO2. The molecule has 1 fully saturated rings. The van der Waals surface area contributed by atoms with Crippen molar-refractivity contribution < 1.29 is 9.53 Å². The molecule has 116 valence electrons. The fraction of sp³-hybridized carbons (Fsp3) is 0.611. The Kier molecular flexibility index (Phi) is 5.54. The van der Waals surface area contributed by atoms with Gasteiger partial charge in [-0.05, 0) is 57.4 Å². The van der Waals surface area contributed by atoms with Gasteiger partial charge < -0.3 is 4.74 Å². The van der Waals surface area contributed by atoms with Crippen LogP contribution in [-0.2, 0) is 4.74 Å². The molecular weight excluding hydrogens is 262 g/mol. The minimum absolute atomic E-state index is 0.0960. The van der Waals surface area contributed by atoms with Crippen molar-refractivity contribution in [1.29, 1.82) is 0 Å². The molecule has 0 radical (unpaired) electrons. The van der Waals surface area contributed by atoms with Crippen molar-refractivity contribution in [3.63, 3.8) is 0 Å². The number of likely N-dealkylation sites (N-methyl/N-ethyl adjacent to an activating group) is 1. The van der Waals surface area contributed by atoms with Gasteiger partial charge in [-0.2, -0.15) is 0 Å². The highest BCUT2D eigenvalue weighted by Crippen LogP contribution is 2.17. The summed E-state index contributed by atoms with van der Waals surface area (Å²) in [6.07, 6.45) is 2.54. The first kappa shape index (κ1) is 16.2. The van der Waals surface area contributed by atoms with Gasteiger partial charge in [-0.1, -0.05) is 19.1 Å². The summed E-state index contributed by atoms with van der Waals surface area (Å²) in [7, 11) is 0. The van der Waals surface area contributed by atoms with Crippen molar-refractivity contribution in [2.24, 2.45) is 0 Å². The maximum Gasteiger partial charge on any atom is 0.179 e. The van der Waals surface area contributed by atoms with Crippen molar-refractivity contribution >= 4 is 5.78 Å². The van der Waals surface area contributed by atoms with Gasteiger partial charge in [0.15, 0.2) is 5.78 Å². The van der Waals surface area contributed by atoms with E-state index in [1.165, 1.54) is 11.1 Å². The molecule has 3 nitrogen and oxygen atoms in total. The van der Waals surface area contributed by atoms with Crippen LogP contribution in [0.2, 0.25) is 0 Å². The molecule has 2 unspecified atom stereocenters. The summed E-state index contributed by atoms with van der Waals surface area (Å²) in [6, 6.07) is 5.89. The summed E-state index contributed by atoms with van der Waals surface area (Å²) in [5.74, 6) is 0.206. The maximum atomic E-state index is 12.7. The number of benzene rings is 1. The van der Waals surface area contributed by atoms with Gasteiger partial charge in [0.25, 0.3) is 0 Å². The zero-order valence-corrected chi connectivity index (χ0v) is 13.7. The average Bonchev–Trinajstić information content (AvgIpc) is 2.99. The Morgan fingerprint density at radius 1 is 1.38 bits per heavy atom. The molecule has 1 aliphatic rings. The minimum atomic E-state index is -0.0960. The van der Waals surface area contributed by atoms with Crippen molar-refractivity contribution in [1.82, 2.24) is 4.90 Å². The predicted octanol–water partition coefficient (Wildman–Crippen LogP) is 3.38. The largest absolute Gasteiger partial charge is 0.377 e. The zero-order valence-electron chi connectivity index (χ0n) is 13.7. The standard InChI is InChI=1S/C18H27NO2/c1-5-19(12-17-7-6-10-21-17)15(4)18(20)16-9-8-13(2)14(3)11-16/h8-9,11,15,17H,5-7,10,12H2,1-4H3. The summed E-state index contributed by atoms with van der Waals surface area (Å²) in [5.41, 5.74) is 3.22. The third-order valence-corrected chi connectivity index (χ3v) is 4.59. The zero-order chi connectivity index (χ0) is 15.4. The first-order chi connectivity index (χ1) is 10.0. The lowest BCUT2D eigenvalue weighted by Crippen LogP contribution is -2.43. The van der Waals surface area contributed by atoms with E-state index in [9.17, 15) is 4.79 Å². The summed E-state index contributed by atoms with van der Waals surface area (Å²) in [6.45, 7) is 10.8. The van der Waals surface area contributed by atoms with E-state index in [2.05, 4.69) is 25.7 Å². The number of rotatable bonds is 6. The molecule has 0 saturated carbocycles. The lowest BCUT2D eigenvalue weighted by atomic mass is 9.99. The number of carbonyl (C=O) groups excluding carboxylic acids is 1. The number of aryl methyl sites for hydroxylation is 2. The Morgan fingerprint density at radius 3 is 2.71 bits per heavy atom. The molecule has 1 aromatic carbocycles. The Labute approximate surface area is 128 Å². The summed E-state index contributed by atoms with van der Waals surface area (Å²) in [4.78, 5) is 14.9. The Morgan fingerprint density at radius 2 is 2.14 bits per heavy atom. The lowest BCUT2D eigenvalue weighted by molar-refractivity contribution is 0.0552. The van der Waals surface area contributed by atoms with E-state index in [0.29, 0.717) is 6.10 Å². The topological polar surface area (TPSA) is 29.5 Å². The Hall–Kier alpha value is -1.19. The smallest absolute Gasteiger partial charge is 0.179 e. The number of nitrogens with zero attached hydrogens (tertiary/aromatic N) is 1. The van der Waals surface area contributed by atoms with Crippen LogP contribution < -0.4 is 0 Å². The molecule has 1 aliphatic heterocycles. The first-order valence-electron chi connectivity index (χ1n) is 8.00.